The summed E-state index contributed by atoms with van der Waals surface area (Å²) in [5.74, 6) is -0.252. The highest BCUT2D eigenvalue weighted by Gasteiger charge is 2.36. The summed E-state index contributed by atoms with van der Waals surface area (Å²) >= 11 is 0. The van der Waals surface area contributed by atoms with Gasteiger partial charge >= 0.3 is 6.18 Å². The average molecular weight is 365 g/mol. The van der Waals surface area contributed by atoms with E-state index in [1.165, 1.54) is 6.07 Å². The van der Waals surface area contributed by atoms with Crippen molar-refractivity contribution in [2.45, 2.75) is 57.3 Å². The molecule has 1 saturated heterocycles. The standard InChI is InChI=1S/C17H23F3N2O.ClH/c1-11-14(8-5-9-21-11)22-15(23)16(2,3)12-6-4-7-13(10-12)17(18,19)20;/h4,6-7,10-11,14,21H,5,8-9H2,1-3H3,(H,22,23);1H. The zero-order chi connectivity index (χ0) is 17.3. The maximum atomic E-state index is 12.9. The lowest BCUT2D eigenvalue weighted by Gasteiger charge is -2.34. The third kappa shape index (κ3) is 4.63. The summed E-state index contributed by atoms with van der Waals surface area (Å²) in [7, 11) is 0. The first-order valence-electron chi connectivity index (χ1n) is 7.84. The summed E-state index contributed by atoms with van der Waals surface area (Å²) in [6, 6.07) is 5.15. The van der Waals surface area contributed by atoms with Crippen LogP contribution in [0.15, 0.2) is 24.3 Å². The highest BCUT2D eigenvalue weighted by molar-refractivity contribution is 5.87. The highest BCUT2D eigenvalue weighted by Crippen LogP contribution is 2.33. The summed E-state index contributed by atoms with van der Waals surface area (Å²) in [4.78, 5) is 12.6. The van der Waals surface area contributed by atoms with Crippen molar-refractivity contribution >= 4 is 18.3 Å². The number of halogens is 4. The SMILES string of the molecule is CC1NCCCC1NC(=O)C(C)(C)c1cccc(C(F)(F)F)c1.Cl. The van der Waals surface area contributed by atoms with Gasteiger partial charge < -0.3 is 10.6 Å². The van der Waals surface area contributed by atoms with Crippen LogP contribution < -0.4 is 10.6 Å². The lowest BCUT2D eigenvalue weighted by Crippen LogP contribution is -2.55. The number of hydrogen-bond acceptors (Lipinski definition) is 2. The number of alkyl halides is 3. The maximum absolute atomic E-state index is 12.9. The number of amides is 1. The van der Waals surface area contributed by atoms with Crippen LogP contribution in [-0.4, -0.2) is 24.5 Å². The summed E-state index contributed by atoms with van der Waals surface area (Å²) in [6.45, 7) is 6.23. The maximum Gasteiger partial charge on any atom is 0.416 e. The van der Waals surface area contributed by atoms with Crippen LogP contribution in [0.3, 0.4) is 0 Å². The van der Waals surface area contributed by atoms with Crippen molar-refractivity contribution in [1.82, 2.24) is 10.6 Å². The summed E-state index contributed by atoms with van der Waals surface area (Å²) < 4.78 is 38.6. The fraction of sp³-hybridized carbons (Fsp3) is 0.588. The molecule has 2 rings (SSSR count). The van der Waals surface area contributed by atoms with E-state index >= 15 is 0 Å². The molecule has 2 N–H and O–H groups in total. The van der Waals surface area contributed by atoms with E-state index in [2.05, 4.69) is 10.6 Å². The largest absolute Gasteiger partial charge is 0.416 e. The van der Waals surface area contributed by atoms with Gasteiger partial charge in [-0.05, 0) is 51.8 Å². The minimum atomic E-state index is -4.41. The van der Waals surface area contributed by atoms with Gasteiger partial charge in [0.1, 0.15) is 0 Å². The Kier molecular flexibility index (Phi) is 6.70. The molecule has 7 heteroatoms. The Morgan fingerprint density at radius 2 is 1.88 bits per heavy atom. The summed E-state index contributed by atoms with van der Waals surface area (Å²) in [6.07, 6.45) is -2.57. The van der Waals surface area contributed by atoms with Crippen molar-refractivity contribution < 1.29 is 18.0 Å². The molecule has 0 aliphatic carbocycles. The fourth-order valence-electron chi connectivity index (χ4n) is 2.81. The van der Waals surface area contributed by atoms with Crippen molar-refractivity contribution in [3.05, 3.63) is 35.4 Å². The molecule has 1 amide bonds. The minimum absolute atomic E-state index is 0. The van der Waals surface area contributed by atoms with Crippen LogP contribution in [0.4, 0.5) is 13.2 Å². The van der Waals surface area contributed by atoms with Crippen molar-refractivity contribution in [1.29, 1.82) is 0 Å². The van der Waals surface area contributed by atoms with Gasteiger partial charge in [-0.1, -0.05) is 18.2 Å². The number of carbonyl (C=O) groups is 1. The zero-order valence-electron chi connectivity index (χ0n) is 14.0. The van der Waals surface area contributed by atoms with E-state index in [0.29, 0.717) is 5.56 Å². The summed E-state index contributed by atoms with van der Waals surface area (Å²) in [5.41, 5.74) is -1.40. The number of hydrogen-bond donors (Lipinski definition) is 2. The van der Waals surface area contributed by atoms with Crippen LogP contribution in [0.5, 0.6) is 0 Å². The topological polar surface area (TPSA) is 41.1 Å². The lowest BCUT2D eigenvalue weighted by molar-refractivity contribution is -0.138. The van der Waals surface area contributed by atoms with E-state index in [1.807, 2.05) is 6.92 Å². The van der Waals surface area contributed by atoms with Gasteiger partial charge in [-0.15, -0.1) is 12.4 Å². The Balaban J connectivity index is 0.00000288. The Morgan fingerprint density at radius 3 is 2.46 bits per heavy atom. The molecule has 0 saturated carbocycles. The van der Waals surface area contributed by atoms with Crippen LogP contribution in [0.2, 0.25) is 0 Å². The smallest absolute Gasteiger partial charge is 0.351 e. The van der Waals surface area contributed by atoms with Gasteiger partial charge in [0.2, 0.25) is 5.91 Å². The first kappa shape index (κ1) is 20.8. The molecule has 1 aromatic rings. The van der Waals surface area contributed by atoms with Gasteiger partial charge in [-0.25, -0.2) is 0 Å². The lowest BCUT2D eigenvalue weighted by atomic mass is 9.82. The second-order valence-electron chi connectivity index (χ2n) is 6.67. The number of benzene rings is 1. The van der Waals surface area contributed by atoms with Crippen molar-refractivity contribution in [2.75, 3.05) is 6.54 Å². The van der Waals surface area contributed by atoms with E-state index in [9.17, 15) is 18.0 Å². The molecule has 1 aliphatic heterocycles. The predicted molar refractivity (Wildman–Crippen MR) is 90.3 cm³/mol. The third-order valence-electron chi connectivity index (χ3n) is 4.56. The molecule has 1 fully saturated rings. The van der Waals surface area contributed by atoms with Crippen molar-refractivity contribution in [2.24, 2.45) is 0 Å². The van der Waals surface area contributed by atoms with Crippen molar-refractivity contribution in [3.8, 4) is 0 Å². The quantitative estimate of drug-likeness (QED) is 0.859. The molecular weight excluding hydrogens is 341 g/mol. The van der Waals surface area contributed by atoms with E-state index in [1.54, 1.807) is 19.9 Å². The molecule has 2 atom stereocenters. The first-order chi connectivity index (χ1) is 10.6. The predicted octanol–water partition coefficient (Wildman–Crippen LogP) is 3.66. The Bertz CT molecular complexity index is 575. The summed E-state index contributed by atoms with van der Waals surface area (Å²) in [5, 5.41) is 6.28. The molecule has 1 aliphatic rings. The van der Waals surface area contributed by atoms with Crippen LogP contribution in [-0.2, 0) is 16.4 Å². The van der Waals surface area contributed by atoms with Gasteiger partial charge in [-0.2, -0.15) is 13.2 Å². The van der Waals surface area contributed by atoms with E-state index < -0.39 is 17.2 Å². The zero-order valence-corrected chi connectivity index (χ0v) is 14.9. The third-order valence-corrected chi connectivity index (χ3v) is 4.56. The van der Waals surface area contributed by atoms with Gasteiger partial charge in [0.15, 0.2) is 0 Å². The van der Waals surface area contributed by atoms with Gasteiger partial charge in [-0.3, -0.25) is 4.79 Å². The highest BCUT2D eigenvalue weighted by atomic mass is 35.5. The monoisotopic (exact) mass is 364 g/mol. The normalized spacial score (nSPS) is 21.8. The van der Waals surface area contributed by atoms with Crippen LogP contribution >= 0.6 is 12.4 Å². The molecule has 3 nitrogen and oxygen atoms in total. The van der Waals surface area contributed by atoms with Crippen LogP contribution in [0.1, 0.15) is 44.7 Å². The molecule has 1 heterocycles. The molecule has 0 bridgehead atoms. The first-order valence-corrected chi connectivity index (χ1v) is 7.84. The number of piperidine rings is 1. The van der Waals surface area contributed by atoms with Gasteiger partial charge in [0.05, 0.1) is 11.0 Å². The molecule has 136 valence electrons. The Hall–Kier alpha value is -1.27. The van der Waals surface area contributed by atoms with E-state index in [4.69, 9.17) is 0 Å². The van der Waals surface area contributed by atoms with E-state index in [0.717, 1.165) is 31.5 Å². The molecule has 0 radical (unpaired) electrons. The Labute approximate surface area is 146 Å². The number of carbonyl (C=O) groups excluding carboxylic acids is 1. The number of rotatable bonds is 3. The van der Waals surface area contributed by atoms with E-state index in [-0.39, 0.29) is 30.4 Å². The second-order valence-corrected chi connectivity index (χ2v) is 6.67. The van der Waals surface area contributed by atoms with Crippen LogP contribution in [0, 0.1) is 0 Å². The van der Waals surface area contributed by atoms with Crippen LogP contribution in [0.25, 0.3) is 0 Å². The minimum Gasteiger partial charge on any atom is -0.351 e. The average Bonchev–Trinajstić information content (AvgIpc) is 2.48. The molecule has 1 aromatic carbocycles. The number of nitrogens with one attached hydrogen (secondary N) is 2. The Morgan fingerprint density at radius 1 is 1.25 bits per heavy atom. The second kappa shape index (κ2) is 7.74. The molecule has 0 aromatic heterocycles. The molecular formula is C17H24ClF3N2O. The molecule has 2 unspecified atom stereocenters. The fourth-order valence-corrected chi connectivity index (χ4v) is 2.81. The van der Waals surface area contributed by atoms with Crippen molar-refractivity contribution in [3.63, 3.8) is 0 Å². The molecule has 0 spiro atoms. The molecule has 24 heavy (non-hydrogen) atoms. The van der Waals surface area contributed by atoms with Gasteiger partial charge in [0, 0.05) is 12.1 Å². The van der Waals surface area contributed by atoms with Gasteiger partial charge in [0.25, 0.3) is 0 Å².